The van der Waals surface area contributed by atoms with Gasteiger partial charge in [0, 0.05) is 0 Å². The third-order valence-corrected chi connectivity index (χ3v) is 2.20. The maximum Gasteiger partial charge on any atom is 0.508 e. The molecule has 0 bridgehead atoms. The molecule has 0 saturated carbocycles. The fourth-order valence-corrected chi connectivity index (χ4v) is 1.16. The molecule has 0 aliphatic heterocycles. The summed E-state index contributed by atoms with van der Waals surface area (Å²) in [5.74, 6) is 0.687. The number of hydrogen-bond acceptors (Lipinski definition) is 2. The molecule has 0 atom stereocenters. The van der Waals surface area contributed by atoms with Gasteiger partial charge >= 0.3 is 6.98 Å². The van der Waals surface area contributed by atoms with Crippen LogP contribution in [-0.4, -0.2) is 20.7 Å². The molecule has 0 heterocycles. The molecule has 0 aromatic heterocycles. The maximum absolute atomic E-state index is 12.3. The van der Waals surface area contributed by atoms with Crippen LogP contribution >= 0.6 is 0 Å². The highest BCUT2D eigenvalue weighted by Crippen LogP contribution is 2.29. The summed E-state index contributed by atoms with van der Waals surface area (Å²) in [6, 6.07) is 5.00. The minimum Gasteiger partial charge on any atom is -0.493 e. The second-order valence-corrected chi connectivity index (χ2v) is 3.68. The van der Waals surface area contributed by atoms with Gasteiger partial charge in [0.15, 0.2) is 11.5 Å². The summed E-state index contributed by atoms with van der Waals surface area (Å²) in [7, 11) is 1.43. The molecule has 0 spiro atoms. The van der Waals surface area contributed by atoms with E-state index >= 15 is 0 Å². The minimum absolute atomic E-state index is 0.277. The average Bonchev–Trinajstić information content (AvgIpc) is 2.25. The van der Waals surface area contributed by atoms with Crippen molar-refractivity contribution >= 4 is 6.98 Å². The smallest absolute Gasteiger partial charge is 0.493 e. The van der Waals surface area contributed by atoms with E-state index in [1.165, 1.54) is 7.11 Å². The van der Waals surface area contributed by atoms with Crippen LogP contribution in [0, 0.1) is 6.92 Å². The van der Waals surface area contributed by atoms with Gasteiger partial charge in [0.25, 0.3) is 0 Å². The zero-order chi connectivity index (χ0) is 13.1. The molecule has 6 heteroatoms. The van der Waals surface area contributed by atoms with E-state index in [0.29, 0.717) is 5.75 Å². The van der Waals surface area contributed by atoms with E-state index in [-0.39, 0.29) is 5.75 Å². The number of rotatable bonds is 5. The molecule has 2 nitrogen and oxygen atoms in total. The SMILES string of the molecule is C=C(COc1ccc(C)cc1OC)[B-](F)(F)F. The molecule has 0 radical (unpaired) electrons. The van der Waals surface area contributed by atoms with E-state index in [4.69, 9.17) is 9.47 Å². The molecule has 0 aliphatic rings. The Morgan fingerprint density at radius 2 is 1.94 bits per heavy atom. The van der Waals surface area contributed by atoms with Crippen molar-refractivity contribution in [3.8, 4) is 11.5 Å². The molecule has 1 aromatic carbocycles. The van der Waals surface area contributed by atoms with Crippen LogP contribution in [0.2, 0.25) is 0 Å². The summed E-state index contributed by atoms with van der Waals surface area (Å²) in [6.07, 6.45) is 0. The minimum atomic E-state index is -5.05. The molecule has 0 unspecified atom stereocenters. The normalized spacial score (nSPS) is 11.1. The Bertz CT molecular complexity index is 416. The van der Waals surface area contributed by atoms with Gasteiger partial charge in [-0.15, -0.1) is 12.1 Å². The van der Waals surface area contributed by atoms with E-state index in [9.17, 15) is 12.9 Å². The van der Waals surface area contributed by atoms with Crippen molar-refractivity contribution in [2.75, 3.05) is 13.7 Å². The lowest BCUT2D eigenvalue weighted by Crippen LogP contribution is -2.23. The van der Waals surface area contributed by atoms with Crippen molar-refractivity contribution < 1.29 is 22.4 Å². The number of ether oxygens (including phenoxy) is 2. The second-order valence-electron chi connectivity index (χ2n) is 3.68. The highest BCUT2D eigenvalue weighted by Gasteiger charge is 2.27. The van der Waals surface area contributed by atoms with Crippen LogP contribution < -0.4 is 9.47 Å². The van der Waals surface area contributed by atoms with E-state index in [0.717, 1.165) is 5.56 Å². The Labute approximate surface area is 98.1 Å². The number of hydrogen-bond donors (Lipinski definition) is 0. The van der Waals surface area contributed by atoms with Gasteiger partial charge in [-0.2, -0.15) is 0 Å². The van der Waals surface area contributed by atoms with E-state index in [1.807, 2.05) is 6.92 Å². The number of halogens is 3. The van der Waals surface area contributed by atoms with Crippen LogP contribution in [0.5, 0.6) is 11.5 Å². The molecule has 0 saturated heterocycles. The first kappa shape index (κ1) is 13.5. The Balaban J connectivity index is 2.73. The first-order valence-electron chi connectivity index (χ1n) is 4.99. The molecule has 1 aromatic rings. The van der Waals surface area contributed by atoms with Gasteiger partial charge in [-0.3, -0.25) is 0 Å². The fourth-order valence-electron chi connectivity index (χ4n) is 1.16. The predicted octanol–water partition coefficient (Wildman–Crippen LogP) is 3.33. The van der Waals surface area contributed by atoms with Crippen molar-refractivity contribution in [1.82, 2.24) is 0 Å². The third-order valence-electron chi connectivity index (χ3n) is 2.20. The van der Waals surface area contributed by atoms with Gasteiger partial charge in [0.05, 0.1) is 13.7 Å². The van der Waals surface area contributed by atoms with E-state index < -0.39 is 19.1 Å². The van der Waals surface area contributed by atoms with Crippen molar-refractivity contribution in [1.29, 1.82) is 0 Å². The maximum atomic E-state index is 12.3. The lowest BCUT2D eigenvalue weighted by molar-refractivity contribution is 0.317. The number of methoxy groups -OCH3 is 1. The Morgan fingerprint density at radius 3 is 2.47 bits per heavy atom. The first-order valence-corrected chi connectivity index (χ1v) is 4.99. The van der Waals surface area contributed by atoms with Crippen LogP contribution in [-0.2, 0) is 0 Å². The number of aryl methyl sites for hydroxylation is 1. The van der Waals surface area contributed by atoms with Gasteiger partial charge in [0.1, 0.15) is 0 Å². The fraction of sp³-hybridized carbons (Fsp3) is 0.273. The van der Waals surface area contributed by atoms with Gasteiger partial charge in [-0.05, 0) is 24.6 Å². The van der Waals surface area contributed by atoms with Gasteiger partial charge in [-0.1, -0.05) is 6.07 Å². The molecular weight excluding hydrogens is 232 g/mol. The molecular formula is C11H13BF3O2-. The monoisotopic (exact) mass is 245 g/mol. The summed E-state index contributed by atoms with van der Waals surface area (Å²) in [4.78, 5) is 0. The first-order chi connectivity index (χ1) is 7.84. The second kappa shape index (κ2) is 5.16. The molecule has 0 amide bonds. The standard InChI is InChI=1S/C11H13BF3O2/c1-8-4-5-10(11(6-8)16-3)17-7-9(2)12(13,14)15/h4-6H,2,7H2,1,3H3/q-1. The van der Waals surface area contributed by atoms with Gasteiger partial charge in [-0.25, -0.2) is 0 Å². The Kier molecular flexibility index (Phi) is 4.09. The predicted molar refractivity (Wildman–Crippen MR) is 61.4 cm³/mol. The van der Waals surface area contributed by atoms with Crippen LogP contribution in [0.3, 0.4) is 0 Å². The Morgan fingerprint density at radius 1 is 1.29 bits per heavy atom. The lowest BCUT2D eigenvalue weighted by Gasteiger charge is -2.19. The van der Waals surface area contributed by atoms with Crippen LogP contribution in [0.4, 0.5) is 12.9 Å². The molecule has 0 fully saturated rings. The third kappa shape index (κ3) is 3.73. The van der Waals surface area contributed by atoms with Crippen LogP contribution in [0.25, 0.3) is 0 Å². The van der Waals surface area contributed by atoms with Crippen molar-refractivity contribution in [3.63, 3.8) is 0 Å². The zero-order valence-electron chi connectivity index (χ0n) is 9.67. The summed E-state index contributed by atoms with van der Waals surface area (Å²) < 4.78 is 46.8. The summed E-state index contributed by atoms with van der Waals surface area (Å²) in [5, 5.41) is 0. The van der Waals surface area contributed by atoms with Crippen LogP contribution in [0.15, 0.2) is 30.3 Å². The van der Waals surface area contributed by atoms with Crippen molar-refractivity contribution in [2.24, 2.45) is 0 Å². The van der Waals surface area contributed by atoms with E-state index in [1.54, 1.807) is 18.2 Å². The molecule has 1 rings (SSSR count). The van der Waals surface area contributed by atoms with E-state index in [2.05, 4.69) is 6.58 Å². The zero-order valence-corrected chi connectivity index (χ0v) is 9.67. The van der Waals surface area contributed by atoms with Crippen molar-refractivity contribution in [2.45, 2.75) is 6.92 Å². The molecule has 0 aliphatic carbocycles. The Hall–Kier alpha value is -1.59. The topological polar surface area (TPSA) is 18.5 Å². The van der Waals surface area contributed by atoms with Gasteiger partial charge in [0.2, 0.25) is 0 Å². The molecule has 94 valence electrons. The largest absolute Gasteiger partial charge is 0.508 e. The average molecular weight is 245 g/mol. The molecule has 17 heavy (non-hydrogen) atoms. The quantitative estimate of drug-likeness (QED) is 0.740. The highest BCUT2D eigenvalue weighted by molar-refractivity contribution is 6.66. The lowest BCUT2D eigenvalue weighted by atomic mass is 9.81. The summed E-state index contributed by atoms with van der Waals surface area (Å²) >= 11 is 0. The van der Waals surface area contributed by atoms with Gasteiger partial charge < -0.3 is 22.4 Å². The number of benzene rings is 1. The highest BCUT2D eigenvalue weighted by atomic mass is 19.4. The molecule has 0 N–H and O–H groups in total. The summed E-state index contributed by atoms with van der Waals surface area (Å²) in [5.41, 5.74) is 0.0701. The van der Waals surface area contributed by atoms with Crippen LogP contribution in [0.1, 0.15) is 5.56 Å². The van der Waals surface area contributed by atoms with Crippen molar-refractivity contribution in [3.05, 3.63) is 35.8 Å². The summed E-state index contributed by atoms with van der Waals surface area (Å²) in [6.45, 7) is -0.832.